The zero-order valence-corrected chi connectivity index (χ0v) is 12.5. The van der Waals surface area contributed by atoms with E-state index in [1.54, 1.807) is 6.92 Å². The van der Waals surface area contributed by atoms with Crippen LogP contribution in [0.3, 0.4) is 0 Å². The number of hydrogen-bond acceptors (Lipinski definition) is 6. The van der Waals surface area contributed by atoms with Gasteiger partial charge in [0.05, 0.1) is 30.9 Å². The minimum Gasteiger partial charge on any atom is -0.469 e. The zero-order valence-electron chi connectivity index (χ0n) is 11.8. The van der Waals surface area contributed by atoms with E-state index in [0.29, 0.717) is 19.3 Å². The summed E-state index contributed by atoms with van der Waals surface area (Å²) in [6, 6.07) is -0.525. The molecular formula is C13H17ClFN3O3. The predicted molar refractivity (Wildman–Crippen MR) is 74.4 cm³/mol. The summed E-state index contributed by atoms with van der Waals surface area (Å²) in [7, 11) is 1.28. The second-order valence-corrected chi connectivity index (χ2v) is 5.67. The van der Waals surface area contributed by atoms with E-state index in [9.17, 15) is 14.3 Å². The van der Waals surface area contributed by atoms with Crippen LogP contribution in [0.2, 0.25) is 5.28 Å². The van der Waals surface area contributed by atoms with Crippen LogP contribution in [0.4, 0.5) is 10.2 Å². The van der Waals surface area contributed by atoms with Crippen molar-refractivity contribution in [1.82, 2.24) is 9.97 Å². The second-order valence-electron chi connectivity index (χ2n) is 5.33. The number of esters is 1. The van der Waals surface area contributed by atoms with Crippen LogP contribution in [0.1, 0.15) is 26.2 Å². The number of hydrogen-bond donors (Lipinski definition) is 2. The van der Waals surface area contributed by atoms with Crippen molar-refractivity contribution in [3.63, 3.8) is 0 Å². The van der Waals surface area contributed by atoms with Crippen molar-refractivity contribution in [2.75, 3.05) is 12.4 Å². The van der Waals surface area contributed by atoms with Crippen molar-refractivity contribution < 1.29 is 19.0 Å². The van der Waals surface area contributed by atoms with E-state index < -0.39 is 29.3 Å². The number of halogens is 2. The van der Waals surface area contributed by atoms with E-state index in [-0.39, 0.29) is 11.1 Å². The van der Waals surface area contributed by atoms with Crippen LogP contribution in [0, 0.1) is 11.2 Å². The fourth-order valence-corrected chi connectivity index (χ4v) is 2.80. The first-order valence-corrected chi connectivity index (χ1v) is 6.97. The molecule has 8 heteroatoms. The van der Waals surface area contributed by atoms with Gasteiger partial charge < -0.3 is 15.2 Å². The molecule has 0 radical (unpaired) electrons. The highest BCUT2D eigenvalue weighted by atomic mass is 35.5. The number of aliphatic hydroxyl groups is 1. The average molecular weight is 318 g/mol. The summed E-state index contributed by atoms with van der Waals surface area (Å²) in [5.74, 6) is -1.24. The predicted octanol–water partition coefficient (Wildman–Crippen LogP) is 1.77. The summed E-state index contributed by atoms with van der Waals surface area (Å²) >= 11 is 5.63. The highest BCUT2D eigenvalue weighted by molar-refractivity contribution is 6.28. The lowest BCUT2D eigenvalue weighted by Gasteiger charge is -2.41. The van der Waals surface area contributed by atoms with Crippen molar-refractivity contribution >= 4 is 23.4 Å². The van der Waals surface area contributed by atoms with E-state index in [4.69, 9.17) is 16.3 Å². The standard InChI is InChI=1S/C13H17ClFN3O3/c1-13(11(20)21-2)5-3-4-8(9(13)19)17-10-7(15)6-16-12(14)18-10/h6,8-9,19H,3-5H2,1-2H3,(H,16,17,18)/t8-,9+,13-/m0/s1. The fraction of sp³-hybridized carbons (Fsp3) is 0.615. The van der Waals surface area contributed by atoms with E-state index >= 15 is 0 Å². The van der Waals surface area contributed by atoms with Gasteiger partial charge in [-0.05, 0) is 31.4 Å². The lowest BCUT2D eigenvalue weighted by molar-refractivity contribution is -0.162. The molecule has 1 aromatic rings. The Morgan fingerprint density at radius 1 is 1.67 bits per heavy atom. The molecule has 2 rings (SSSR count). The van der Waals surface area contributed by atoms with Gasteiger partial charge in [-0.2, -0.15) is 4.98 Å². The molecule has 21 heavy (non-hydrogen) atoms. The molecule has 1 aliphatic rings. The number of methoxy groups -OCH3 is 1. The smallest absolute Gasteiger partial charge is 0.314 e. The third-order valence-electron chi connectivity index (χ3n) is 3.93. The normalized spacial score (nSPS) is 29.0. The van der Waals surface area contributed by atoms with E-state index in [1.807, 2.05) is 0 Å². The monoisotopic (exact) mass is 317 g/mol. The highest BCUT2D eigenvalue weighted by Gasteiger charge is 2.48. The molecule has 0 aromatic carbocycles. The number of aromatic nitrogens is 2. The van der Waals surface area contributed by atoms with Gasteiger partial charge in [-0.15, -0.1) is 0 Å². The maximum atomic E-state index is 13.6. The van der Waals surface area contributed by atoms with E-state index in [2.05, 4.69) is 15.3 Å². The summed E-state index contributed by atoms with van der Waals surface area (Å²) in [6.45, 7) is 1.64. The molecule has 1 aromatic heterocycles. The van der Waals surface area contributed by atoms with Crippen molar-refractivity contribution in [1.29, 1.82) is 0 Å². The van der Waals surface area contributed by atoms with Gasteiger partial charge in [0.1, 0.15) is 0 Å². The van der Waals surface area contributed by atoms with Gasteiger partial charge in [-0.25, -0.2) is 9.37 Å². The zero-order chi connectivity index (χ0) is 15.6. The quantitative estimate of drug-likeness (QED) is 0.653. The highest BCUT2D eigenvalue weighted by Crippen LogP contribution is 2.38. The lowest BCUT2D eigenvalue weighted by Crippen LogP contribution is -2.53. The first kappa shape index (κ1) is 15.9. The van der Waals surface area contributed by atoms with Crippen LogP contribution in [-0.4, -0.2) is 40.3 Å². The number of aliphatic hydroxyl groups excluding tert-OH is 1. The number of carbonyl (C=O) groups excluding carboxylic acids is 1. The Morgan fingerprint density at radius 2 is 2.38 bits per heavy atom. The van der Waals surface area contributed by atoms with Crippen LogP contribution in [-0.2, 0) is 9.53 Å². The Kier molecular flexibility index (Phi) is 4.63. The van der Waals surface area contributed by atoms with Gasteiger partial charge >= 0.3 is 5.97 Å². The van der Waals surface area contributed by atoms with Gasteiger partial charge in [-0.1, -0.05) is 6.42 Å². The number of ether oxygens (including phenoxy) is 1. The molecule has 1 aliphatic carbocycles. The van der Waals surface area contributed by atoms with Crippen LogP contribution in [0.15, 0.2) is 6.20 Å². The number of nitrogens with one attached hydrogen (secondary N) is 1. The Labute approximate surface area is 126 Å². The minimum atomic E-state index is -1.03. The fourth-order valence-electron chi connectivity index (χ4n) is 2.67. The third kappa shape index (κ3) is 3.08. The second kappa shape index (κ2) is 6.11. The summed E-state index contributed by atoms with van der Waals surface area (Å²) in [6.07, 6.45) is 1.71. The third-order valence-corrected chi connectivity index (χ3v) is 4.12. The largest absolute Gasteiger partial charge is 0.469 e. The van der Waals surface area contributed by atoms with Gasteiger partial charge in [0, 0.05) is 0 Å². The molecule has 3 atom stereocenters. The molecule has 0 unspecified atom stereocenters. The molecule has 2 N–H and O–H groups in total. The number of nitrogens with zero attached hydrogens (tertiary/aromatic N) is 2. The molecule has 0 spiro atoms. The van der Waals surface area contributed by atoms with Crippen LogP contribution in [0.5, 0.6) is 0 Å². The topological polar surface area (TPSA) is 84.3 Å². The van der Waals surface area contributed by atoms with Crippen LogP contribution < -0.4 is 5.32 Å². The Balaban J connectivity index is 2.20. The number of rotatable bonds is 3. The first-order valence-electron chi connectivity index (χ1n) is 6.59. The summed E-state index contributed by atoms with van der Waals surface area (Å²) in [5, 5.41) is 13.2. The maximum Gasteiger partial charge on any atom is 0.314 e. The SMILES string of the molecule is COC(=O)[C@@]1(C)CCC[C@H](Nc2nc(Cl)ncc2F)[C@H]1O. The average Bonchev–Trinajstić information content (AvgIpc) is 2.46. The van der Waals surface area contributed by atoms with Gasteiger partial charge in [0.15, 0.2) is 11.6 Å². The maximum absolute atomic E-state index is 13.6. The van der Waals surface area contributed by atoms with Crippen molar-refractivity contribution in [3.05, 3.63) is 17.3 Å². The Hall–Kier alpha value is -1.47. The van der Waals surface area contributed by atoms with E-state index in [1.165, 1.54) is 7.11 Å². The Morgan fingerprint density at radius 3 is 3.05 bits per heavy atom. The summed E-state index contributed by atoms with van der Waals surface area (Å²) < 4.78 is 18.4. The molecule has 1 fully saturated rings. The van der Waals surface area contributed by atoms with Crippen molar-refractivity contribution in [2.24, 2.45) is 5.41 Å². The number of anilines is 1. The molecule has 1 heterocycles. The molecule has 0 bridgehead atoms. The summed E-state index contributed by atoms with van der Waals surface area (Å²) in [5.41, 5.74) is -1.03. The molecular weight excluding hydrogens is 301 g/mol. The molecule has 6 nitrogen and oxygen atoms in total. The lowest BCUT2D eigenvalue weighted by atomic mass is 9.71. The van der Waals surface area contributed by atoms with Gasteiger partial charge in [0.25, 0.3) is 0 Å². The van der Waals surface area contributed by atoms with E-state index in [0.717, 1.165) is 6.20 Å². The first-order chi connectivity index (χ1) is 9.88. The van der Waals surface area contributed by atoms with Gasteiger partial charge in [-0.3, -0.25) is 4.79 Å². The molecule has 1 saturated carbocycles. The Bertz CT molecular complexity index is 545. The van der Waals surface area contributed by atoms with Crippen molar-refractivity contribution in [2.45, 2.75) is 38.3 Å². The summed E-state index contributed by atoms with van der Waals surface area (Å²) in [4.78, 5) is 19.2. The van der Waals surface area contributed by atoms with Crippen LogP contribution in [0.25, 0.3) is 0 Å². The number of carbonyl (C=O) groups is 1. The van der Waals surface area contributed by atoms with Gasteiger partial charge in [0.2, 0.25) is 5.28 Å². The molecule has 0 aliphatic heterocycles. The molecule has 0 amide bonds. The van der Waals surface area contributed by atoms with Crippen molar-refractivity contribution in [3.8, 4) is 0 Å². The molecule has 0 saturated heterocycles. The minimum absolute atomic E-state index is 0.0897. The molecule has 116 valence electrons. The van der Waals surface area contributed by atoms with Crippen LogP contribution >= 0.6 is 11.6 Å².